The number of carbonyl (C=O) groups is 2. The third kappa shape index (κ3) is 3.50. The van der Waals surface area contributed by atoms with E-state index in [2.05, 4.69) is 0 Å². The van der Waals surface area contributed by atoms with Crippen LogP contribution in [0.15, 0.2) is 35.2 Å². The molecule has 4 rings (SSSR count). The van der Waals surface area contributed by atoms with Crippen molar-refractivity contribution in [2.75, 3.05) is 6.79 Å². The van der Waals surface area contributed by atoms with Crippen LogP contribution in [0.25, 0.3) is 6.08 Å². The van der Waals surface area contributed by atoms with Crippen LogP contribution < -0.4 is 9.47 Å². The van der Waals surface area contributed by atoms with Gasteiger partial charge < -0.3 is 9.47 Å². The lowest BCUT2D eigenvalue weighted by atomic mass is 10.1. The Bertz CT molecular complexity index is 1010. The fraction of sp³-hybridized carbons (Fsp3) is 0.111. The molecule has 1 fully saturated rings. The quantitative estimate of drug-likeness (QED) is 0.578. The second-order valence-electron chi connectivity index (χ2n) is 5.71. The first-order valence-electron chi connectivity index (χ1n) is 7.71. The van der Waals surface area contributed by atoms with E-state index in [9.17, 15) is 9.59 Å². The minimum Gasteiger partial charge on any atom is -0.454 e. The summed E-state index contributed by atoms with van der Waals surface area (Å²) in [4.78, 5) is 26.5. The van der Waals surface area contributed by atoms with Crippen LogP contribution in [0.2, 0.25) is 15.1 Å². The van der Waals surface area contributed by atoms with Gasteiger partial charge in [0.15, 0.2) is 11.5 Å². The number of halogens is 3. The Morgan fingerprint density at radius 2 is 1.81 bits per heavy atom. The third-order valence-corrected chi connectivity index (χ3v) is 6.10. The molecule has 9 heteroatoms. The minimum atomic E-state index is -0.422. The molecule has 1 saturated heterocycles. The van der Waals surface area contributed by atoms with Gasteiger partial charge in [-0.25, -0.2) is 0 Å². The summed E-state index contributed by atoms with van der Waals surface area (Å²) in [6.45, 7) is 0.139. The number of nitrogens with zero attached hydrogens (tertiary/aromatic N) is 1. The molecule has 0 spiro atoms. The number of imide groups is 1. The molecular weight excluding hydrogens is 433 g/mol. The van der Waals surface area contributed by atoms with E-state index in [-0.39, 0.29) is 18.2 Å². The van der Waals surface area contributed by atoms with Crippen molar-refractivity contribution in [3.63, 3.8) is 0 Å². The summed E-state index contributed by atoms with van der Waals surface area (Å²) in [7, 11) is 0. The van der Waals surface area contributed by atoms with Crippen molar-refractivity contribution in [3.8, 4) is 11.5 Å². The van der Waals surface area contributed by atoms with Crippen LogP contribution >= 0.6 is 46.6 Å². The van der Waals surface area contributed by atoms with Crippen LogP contribution in [0.3, 0.4) is 0 Å². The predicted molar refractivity (Wildman–Crippen MR) is 106 cm³/mol. The Morgan fingerprint density at radius 3 is 2.59 bits per heavy atom. The molecule has 2 heterocycles. The molecule has 0 atom stereocenters. The lowest BCUT2D eigenvalue weighted by Gasteiger charge is -2.14. The Labute approximate surface area is 173 Å². The van der Waals surface area contributed by atoms with Gasteiger partial charge in [0.05, 0.1) is 21.5 Å². The van der Waals surface area contributed by atoms with Crippen molar-refractivity contribution < 1.29 is 19.1 Å². The average Bonchev–Trinajstić information content (AvgIpc) is 3.18. The van der Waals surface area contributed by atoms with E-state index in [1.165, 1.54) is 0 Å². The topological polar surface area (TPSA) is 55.8 Å². The van der Waals surface area contributed by atoms with Crippen LogP contribution in [0.4, 0.5) is 4.79 Å². The fourth-order valence-corrected chi connectivity index (χ4v) is 4.07. The SMILES string of the molecule is O=C1S/C(=C\c2cccc(Cl)c2Cl)C(=O)N1Cc1cc2c(cc1Cl)OCO2. The zero-order chi connectivity index (χ0) is 19.1. The number of benzene rings is 2. The zero-order valence-corrected chi connectivity index (χ0v) is 16.6. The van der Waals surface area contributed by atoms with Crippen LogP contribution in [-0.4, -0.2) is 22.8 Å². The molecule has 138 valence electrons. The van der Waals surface area contributed by atoms with Crippen molar-refractivity contribution >= 4 is 63.8 Å². The summed E-state index contributed by atoms with van der Waals surface area (Å²) in [5, 5.41) is 0.694. The van der Waals surface area contributed by atoms with E-state index in [4.69, 9.17) is 44.3 Å². The van der Waals surface area contributed by atoms with Gasteiger partial charge in [0.2, 0.25) is 6.79 Å². The number of amides is 2. The summed E-state index contributed by atoms with van der Waals surface area (Å²) in [6, 6.07) is 8.37. The Morgan fingerprint density at radius 1 is 1.07 bits per heavy atom. The molecule has 27 heavy (non-hydrogen) atoms. The maximum Gasteiger partial charge on any atom is 0.293 e. The standard InChI is InChI=1S/C18H10Cl3NO4S/c19-11-3-1-2-9(16(11)21)5-15-17(23)22(18(24)27-15)7-10-4-13-14(6-12(10)20)26-8-25-13/h1-6H,7-8H2/b15-5-. The highest BCUT2D eigenvalue weighted by atomic mass is 35.5. The minimum absolute atomic E-state index is 0.0285. The van der Waals surface area contributed by atoms with Crippen molar-refractivity contribution in [3.05, 3.63) is 61.4 Å². The molecule has 2 aliphatic heterocycles. The molecule has 0 aromatic heterocycles. The molecular formula is C18H10Cl3NO4S. The first-order valence-corrected chi connectivity index (χ1v) is 9.66. The first-order chi connectivity index (χ1) is 12.9. The summed E-state index contributed by atoms with van der Waals surface area (Å²) < 4.78 is 10.6. The highest BCUT2D eigenvalue weighted by Gasteiger charge is 2.36. The maximum atomic E-state index is 12.7. The smallest absolute Gasteiger partial charge is 0.293 e. The first kappa shape index (κ1) is 18.5. The number of fused-ring (bicyclic) bond motifs is 1. The summed E-state index contributed by atoms with van der Waals surface area (Å²) in [5.41, 5.74) is 1.15. The van der Waals surface area contributed by atoms with E-state index in [0.717, 1.165) is 16.7 Å². The van der Waals surface area contributed by atoms with Gasteiger partial charge in [-0.3, -0.25) is 14.5 Å². The van der Waals surface area contributed by atoms with Crippen molar-refractivity contribution in [2.45, 2.75) is 6.54 Å². The van der Waals surface area contributed by atoms with Gasteiger partial charge in [0, 0.05) is 11.1 Å². The van der Waals surface area contributed by atoms with E-state index < -0.39 is 11.1 Å². The van der Waals surface area contributed by atoms with Crippen molar-refractivity contribution in [1.29, 1.82) is 0 Å². The number of carbonyl (C=O) groups excluding carboxylic acids is 2. The average molecular weight is 443 g/mol. The van der Waals surface area contributed by atoms with Crippen LogP contribution in [0.5, 0.6) is 11.5 Å². The molecule has 0 saturated carbocycles. The zero-order valence-electron chi connectivity index (χ0n) is 13.5. The molecule has 0 aliphatic carbocycles. The van der Waals surface area contributed by atoms with E-state index >= 15 is 0 Å². The van der Waals surface area contributed by atoms with Gasteiger partial charge in [-0.15, -0.1) is 0 Å². The molecule has 0 N–H and O–H groups in total. The number of hydrogen-bond donors (Lipinski definition) is 0. The molecule has 0 unspecified atom stereocenters. The molecule has 2 amide bonds. The summed E-state index contributed by atoms with van der Waals surface area (Å²) in [5.74, 6) is 0.644. The van der Waals surface area contributed by atoms with Crippen molar-refractivity contribution in [1.82, 2.24) is 4.90 Å². The maximum absolute atomic E-state index is 12.7. The van der Waals surface area contributed by atoms with E-state index in [1.807, 2.05) is 0 Å². The highest BCUT2D eigenvalue weighted by Crippen LogP contribution is 2.40. The molecule has 2 aromatic rings. The van der Waals surface area contributed by atoms with Gasteiger partial charge in [0.1, 0.15) is 0 Å². The largest absolute Gasteiger partial charge is 0.454 e. The predicted octanol–water partition coefficient (Wildman–Crippen LogP) is 5.61. The van der Waals surface area contributed by atoms with Crippen LogP contribution in [0.1, 0.15) is 11.1 Å². The summed E-state index contributed by atoms with van der Waals surface area (Å²) >= 11 is 19.2. The number of hydrogen-bond acceptors (Lipinski definition) is 5. The lowest BCUT2D eigenvalue weighted by Crippen LogP contribution is -2.27. The van der Waals surface area contributed by atoms with Crippen LogP contribution in [0, 0.1) is 0 Å². The molecule has 0 radical (unpaired) electrons. The second-order valence-corrected chi connectivity index (χ2v) is 7.89. The molecule has 0 bridgehead atoms. The third-order valence-electron chi connectivity index (χ3n) is 4.01. The number of thioether (sulfide) groups is 1. The van der Waals surface area contributed by atoms with Gasteiger partial charge in [-0.1, -0.05) is 46.9 Å². The summed E-state index contributed by atoms with van der Waals surface area (Å²) in [6.07, 6.45) is 1.56. The molecule has 5 nitrogen and oxygen atoms in total. The van der Waals surface area contributed by atoms with E-state index in [0.29, 0.717) is 37.7 Å². The Kier molecular flexibility index (Phi) is 4.99. The second kappa shape index (κ2) is 7.28. The number of ether oxygens (including phenoxy) is 2. The normalized spacial score (nSPS) is 17.3. The van der Waals surface area contributed by atoms with Gasteiger partial charge >= 0.3 is 0 Å². The van der Waals surface area contributed by atoms with E-state index in [1.54, 1.807) is 36.4 Å². The lowest BCUT2D eigenvalue weighted by molar-refractivity contribution is -0.123. The fourth-order valence-electron chi connectivity index (χ4n) is 2.66. The van der Waals surface area contributed by atoms with Gasteiger partial charge in [-0.05, 0) is 41.1 Å². The highest BCUT2D eigenvalue weighted by molar-refractivity contribution is 8.18. The Hall–Kier alpha value is -1.86. The Balaban J connectivity index is 1.61. The molecule has 2 aliphatic rings. The van der Waals surface area contributed by atoms with Crippen LogP contribution in [-0.2, 0) is 11.3 Å². The van der Waals surface area contributed by atoms with Gasteiger partial charge in [-0.2, -0.15) is 0 Å². The van der Waals surface area contributed by atoms with Gasteiger partial charge in [0.25, 0.3) is 11.1 Å². The van der Waals surface area contributed by atoms with Crippen molar-refractivity contribution in [2.24, 2.45) is 0 Å². The monoisotopic (exact) mass is 441 g/mol. The molecule has 2 aromatic carbocycles. The number of rotatable bonds is 3.